The number of nitrogens with two attached hydrogens (primary N) is 1. The van der Waals surface area contributed by atoms with Crippen LogP contribution in [0.15, 0.2) is 18.2 Å². The SMILES string of the molecule is Cc1cc(I)ccc1NC(=O)CN1CC2CCC(N)C2C1.Cl. The summed E-state index contributed by atoms with van der Waals surface area (Å²) in [6.07, 6.45) is 2.37. The van der Waals surface area contributed by atoms with Crippen LogP contribution in [-0.4, -0.2) is 36.5 Å². The quantitative estimate of drug-likeness (QED) is 0.718. The van der Waals surface area contributed by atoms with E-state index in [1.807, 2.05) is 19.1 Å². The summed E-state index contributed by atoms with van der Waals surface area (Å²) < 4.78 is 1.18. The third-order valence-electron chi connectivity index (χ3n) is 4.82. The van der Waals surface area contributed by atoms with E-state index >= 15 is 0 Å². The first-order valence-corrected chi connectivity index (χ1v) is 8.65. The van der Waals surface area contributed by atoms with Crippen molar-refractivity contribution in [3.8, 4) is 0 Å². The molecule has 122 valence electrons. The first-order valence-electron chi connectivity index (χ1n) is 7.57. The molecule has 6 heteroatoms. The van der Waals surface area contributed by atoms with E-state index in [9.17, 15) is 4.79 Å². The topological polar surface area (TPSA) is 58.4 Å². The van der Waals surface area contributed by atoms with Gasteiger partial charge in [0.05, 0.1) is 6.54 Å². The van der Waals surface area contributed by atoms with Crippen LogP contribution in [0.2, 0.25) is 0 Å². The average Bonchev–Trinajstić information content (AvgIpc) is 2.95. The smallest absolute Gasteiger partial charge is 0.238 e. The number of benzene rings is 1. The van der Waals surface area contributed by atoms with E-state index in [4.69, 9.17) is 5.73 Å². The Morgan fingerprint density at radius 2 is 2.18 bits per heavy atom. The molecule has 3 rings (SSSR count). The fraction of sp³-hybridized carbons (Fsp3) is 0.562. The van der Waals surface area contributed by atoms with Gasteiger partial charge in [-0.2, -0.15) is 0 Å². The van der Waals surface area contributed by atoms with Crippen molar-refractivity contribution in [2.45, 2.75) is 25.8 Å². The average molecular weight is 436 g/mol. The minimum absolute atomic E-state index is 0. The van der Waals surface area contributed by atoms with Gasteiger partial charge in [-0.1, -0.05) is 0 Å². The van der Waals surface area contributed by atoms with E-state index in [0.717, 1.165) is 30.8 Å². The van der Waals surface area contributed by atoms with Crippen LogP contribution in [0.4, 0.5) is 5.69 Å². The second-order valence-corrected chi connectivity index (χ2v) is 7.61. The molecule has 1 saturated carbocycles. The van der Waals surface area contributed by atoms with Crippen molar-refractivity contribution in [1.82, 2.24) is 4.90 Å². The first kappa shape index (κ1) is 18.0. The van der Waals surface area contributed by atoms with E-state index in [-0.39, 0.29) is 18.3 Å². The highest BCUT2D eigenvalue weighted by Crippen LogP contribution is 2.36. The fourth-order valence-corrected chi connectivity index (χ4v) is 4.34. The Bertz CT molecular complexity index is 554. The van der Waals surface area contributed by atoms with Crippen LogP contribution in [0.25, 0.3) is 0 Å². The molecule has 0 radical (unpaired) electrons. The fourth-order valence-electron chi connectivity index (χ4n) is 3.69. The van der Waals surface area contributed by atoms with Gasteiger partial charge in [0, 0.05) is 28.4 Å². The van der Waals surface area contributed by atoms with Crippen LogP contribution in [0.1, 0.15) is 18.4 Å². The number of aryl methyl sites for hydroxylation is 1. The number of hydrogen-bond donors (Lipinski definition) is 2. The lowest BCUT2D eigenvalue weighted by molar-refractivity contribution is -0.117. The van der Waals surface area contributed by atoms with Gasteiger partial charge >= 0.3 is 0 Å². The Balaban J connectivity index is 0.00000176. The number of likely N-dealkylation sites (tertiary alicyclic amines) is 1. The van der Waals surface area contributed by atoms with Crippen LogP contribution in [-0.2, 0) is 4.79 Å². The van der Waals surface area contributed by atoms with Crippen LogP contribution >= 0.6 is 35.0 Å². The molecular formula is C16H23ClIN3O. The van der Waals surface area contributed by atoms with Crippen molar-refractivity contribution in [3.63, 3.8) is 0 Å². The van der Waals surface area contributed by atoms with Crippen molar-refractivity contribution in [3.05, 3.63) is 27.3 Å². The van der Waals surface area contributed by atoms with Crippen LogP contribution in [0.3, 0.4) is 0 Å². The maximum atomic E-state index is 12.2. The third-order valence-corrected chi connectivity index (χ3v) is 5.49. The summed E-state index contributed by atoms with van der Waals surface area (Å²) in [4.78, 5) is 14.5. The third kappa shape index (κ3) is 3.93. The molecule has 1 aliphatic heterocycles. The maximum Gasteiger partial charge on any atom is 0.238 e. The summed E-state index contributed by atoms with van der Waals surface area (Å²) in [5.41, 5.74) is 8.16. The van der Waals surface area contributed by atoms with Gasteiger partial charge in [-0.05, 0) is 78.0 Å². The lowest BCUT2D eigenvalue weighted by atomic mass is 9.98. The second kappa shape index (κ2) is 7.47. The number of carbonyl (C=O) groups is 1. The molecule has 4 nitrogen and oxygen atoms in total. The Morgan fingerprint density at radius 3 is 2.86 bits per heavy atom. The number of nitrogens with zero attached hydrogens (tertiary/aromatic N) is 1. The lowest BCUT2D eigenvalue weighted by Gasteiger charge is -2.18. The van der Waals surface area contributed by atoms with Crippen LogP contribution in [0, 0.1) is 22.3 Å². The number of anilines is 1. The van der Waals surface area contributed by atoms with Gasteiger partial charge in [-0.15, -0.1) is 12.4 Å². The van der Waals surface area contributed by atoms with Gasteiger partial charge in [-0.25, -0.2) is 0 Å². The molecule has 1 heterocycles. The summed E-state index contributed by atoms with van der Waals surface area (Å²) in [5, 5.41) is 3.03. The molecule has 3 N–H and O–H groups in total. The molecular weight excluding hydrogens is 413 g/mol. The van der Waals surface area contributed by atoms with E-state index < -0.39 is 0 Å². The molecule has 0 aromatic heterocycles. The number of fused-ring (bicyclic) bond motifs is 1. The standard InChI is InChI=1S/C16H22IN3O.ClH/c1-10-6-12(17)3-5-15(10)19-16(21)9-20-7-11-2-4-14(18)13(11)8-20;/h3,5-6,11,13-14H,2,4,7-9,18H2,1H3,(H,19,21);1H. The minimum Gasteiger partial charge on any atom is -0.327 e. The molecule has 0 bridgehead atoms. The zero-order valence-electron chi connectivity index (χ0n) is 12.7. The van der Waals surface area contributed by atoms with E-state index in [1.54, 1.807) is 0 Å². The van der Waals surface area contributed by atoms with E-state index in [2.05, 4.69) is 38.9 Å². The zero-order valence-corrected chi connectivity index (χ0v) is 15.7. The first-order chi connectivity index (χ1) is 10.0. The molecule has 1 saturated heterocycles. The van der Waals surface area contributed by atoms with E-state index in [1.165, 1.54) is 9.99 Å². The monoisotopic (exact) mass is 435 g/mol. The molecule has 3 unspecified atom stereocenters. The minimum atomic E-state index is 0. The van der Waals surface area contributed by atoms with Gasteiger partial charge in [0.25, 0.3) is 0 Å². The Hall–Kier alpha value is -0.370. The number of hydrogen-bond acceptors (Lipinski definition) is 3. The predicted molar refractivity (Wildman–Crippen MR) is 100 cm³/mol. The lowest BCUT2D eigenvalue weighted by Crippen LogP contribution is -2.34. The van der Waals surface area contributed by atoms with Crippen molar-refractivity contribution in [2.24, 2.45) is 17.6 Å². The maximum absolute atomic E-state index is 12.2. The summed E-state index contributed by atoms with van der Waals surface area (Å²) >= 11 is 2.28. The number of rotatable bonds is 3. The van der Waals surface area contributed by atoms with Crippen LogP contribution < -0.4 is 11.1 Å². The number of nitrogens with one attached hydrogen (secondary N) is 1. The molecule has 1 amide bonds. The van der Waals surface area contributed by atoms with Crippen molar-refractivity contribution in [2.75, 3.05) is 25.0 Å². The molecule has 1 aliphatic carbocycles. The van der Waals surface area contributed by atoms with E-state index in [0.29, 0.717) is 24.4 Å². The molecule has 0 spiro atoms. The largest absolute Gasteiger partial charge is 0.327 e. The predicted octanol–water partition coefficient (Wildman–Crippen LogP) is 2.63. The number of halogens is 2. The normalized spacial score (nSPS) is 27.3. The Morgan fingerprint density at radius 1 is 1.41 bits per heavy atom. The zero-order chi connectivity index (χ0) is 15.0. The molecule has 1 aromatic carbocycles. The summed E-state index contributed by atoms with van der Waals surface area (Å²) in [6, 6.07) is 6.41. The van der Waals surface area contributed by atoms with Crippen molar-refractivity contribution < 1.29 is 4.79 Å². The summed E-state index contributed by atoms with van der Waals surface area (Å²) in [6.45, 7) is 4.50. The van der Waals surface area contributed by atoms with Gasteiger partial charge in [0.1, 0.15) is 0 Å². The molecule has 22 heavy (non-hydrogen) atoms. The second-order valence-electron chi connectivity index (χ2n) is 6.37. The highest BCUT2D eigenvalue weighted by molar-refractivity contribution is 14.1. The molecule has 2 aliphatic rings. The van der Waals surface area contributed by atoms with Gasteiger partial charge in [0.15, 0.2) is 0 Å². The van der Waals surface area contributed by atoms with Gasteiger partial charge in [-0.3, -0.25) is 9.69 Å². The molecule has 1 aromatic rings. The molecule has 2 fully saturated rings. The highest BCUT2D eigenvalue weighted by atomic mass is 127. The molecule has 3 atom stereocenters. The Kier molecular flexibility index (Phi) is 6.10. The van der Waals surface area contributed by atoms with Gasteiger partial charge in [0.2, 0.25) is 5.91 Å². The number of carbonyl (C=O) groups excluding carboxylic acids is 1. The van der Waals surface area contributed by atoms with Crippen molar-refractivity contribution in [1.29, 1.82) is 0 Å². The van der Waals surface area contributed by atoms with Gasteiger partial charge < -0.3 is 11.1 Å². The number of amides is 1. The van der Waals surface area contributed by atoms with Crippen molar-refractivity contribution >= 4 is 46.6 Å². The highest BCUT2D eigenvalue weighted by Gasteiger charge is 2.41. The summed E-state index contributed by atoms with van der Waals surface area (Å²) in [7, 11) is 0. The summed E-state index contributed by atoms with van der Waals surface area (Å²) in [5.74, 6) is 1.37. The Labute approximate surface area is 151 Å². The van der Waals surface area contributed by atoms with Crippen LogP contribution in [0.5, 0.6) is 0 Å².